The van der Waals surface area contributed by atoms with Crippen molar-refractivity contribution in [3.8, 4) is 0 Å². The van der Waals surface area contributed by atoms with E-state index in [4.69, 9.17) is 0 Å². The van der Waals surface area contributed by atoms with Crippen LogP contribution in [0.2, 0.25) is 0 Å². The fourth-order valence-corrected chi connectivity index (χ4v) is 1.10. The molecule has 2 nitrogen and oxygen atoms in total. The van der Waals surface area contributed by atoms with Crippen molar-refractivity contribution in [2.24, 2.45) is 0 Å². The summed E-state index contributed by atoms with van der Waals surface area (Å²) in [5, 5.41) is 9.37. The predicted octanol–water partition coefficient (Wildman–Crippen LogP) is 1.49. The molecule has 1 atom stereocenters. The Morgan fingerprint density at radius 2 is 1.82 bits per heavy atom. The van der Waals surface area contributed by atoms with Gasteiger partial charge in [0.05, 0.1) is 6.10 Å². The van der Waals surface area contributed by atoms with Crippen molar-refractivity contribution in [1.29, 1.82) is 0 Å². The van der Waals surface area contributed by atoms with E-state index >= 15 is 0 Å². The highest BCUT2D eigenvalue weighted by Gasteiger charge is 2.10. The second-order valence-corrected chi connectivity index (χ2v) is 3.24. The number of likely N-dealkylation sites (N-methyl/N-ethyl adjacent to an activating group) is 1. The van der Waals surface area contributed by atoms with Gasteiger partial charge in [-0.15, -0.1) is 0 Å². The topological polar surface area (TPSA) is 23.5 Å². The quantitative estimate of drug-likeness (QED) is 0.657. The zero-order valence-corrected chi connectivity index (χ0v) is 8.17. The number of hydrogen-bond acceptors (Lipinski definition) is 2. The molecule has 0 rings (SSSR count). The summed E-state index contributed by atoms with van der Waals surface area (Å²) in [7, 11) is 0. The van der Waals surface area contributed by atoms with Crippen LogP contribution in [0.3, 0.4) is 0 Å². The van der Waals surface area contributed by atoms with Gasteiger partial charge in [-0.2, -0.15) is 0 Å². The third-order valence-corrected chi connectivity index (χ3v) is 2.05. The summed E-state index contributed by atoms with van der Waals surface area (Å²) in [5.74, 6) is 0. The van der Waals surface area contributed by atoms with E-state index in [0.29, 0.717) is 6.04 Å². The van der Waals surface area contributed by atoms with Crippen molar-refractivity contribution in [3.63, 3.8) is 0 Å². The summed E-state index contributed by atoms with van der Waals surface area (Å²) in [6.07, 6.45) is 0.695. The first-order chi connectivity index (χ1) is 5.11. The average molecular weight is 159 g/mol. The van der Waals surface area contributed by atoms with Crippen LogP contribution in [0.1, 0.15) is 34.1 Å². The molecule has 0 saturated carbocycles. The lowest BCUT2D eigenvalue weighted by atomic mass is 10.2. The van der Waals surface area contributed by atoms with Crippen LogP contribution in [-0.4, -0.2) is 35.2 Å². The maximum Gasteiger partial charge on any atom is 0.0664 e. The Hall–Kier alpha value is -0.0800. The largest absolute Gasteiger partial charge is 0.392 e. The summed E-state index contributed by atoms with van der Waals surface area (Å²) in [6.45, 7) is 10.3. The first-order valence-electron chi connectivity index (χ1n) is 4.53. The Labute approximate surface area is 70.2 Å². The lowest BCUT2D eigenvalue weighted by molar-refractivity contribution is 0.0961. The van der Waals surface area contributed by atoms with Crippen LogP contribution in [0.5, 0.6) is 0 Å². The Balaban J connectivity index is 3.68. The fraction of sp³-hybridized carbons (Fsp3) is 1.00. The molecule has 1 N–H and O–H groups in total. The highest BCUT2D eigenvalue weighted by molar-refractivity contribution is 4.65. The molecule has 0 fully saturated rings. The van der Waals surface area contributed by atoms with Gasteiger partial charge in [0.2, 0.25) is 0 Å². The van der Waals surface area contributed by atoms with Crippen LogP contribution in [0.25, 0.3) is 0 Å². The van der Waals surface area contributed by atoms with E-state index in [0.717, 1.165) is 19.5 Å². The summed E-state index contributed by atoms with van der Waals surface area (Å²) in [5.41, 5.74) is 0. The number of hydrogen-bond donors (Lipinski definition) is 1. The second-order valence-electron chi connectivity index (χ2n) is 3.24. The van der Waals surface area contributed by atoms with E-state index in [2.05, 4.69) is 25.7 Å². The Kier molecular flexibility index (Phi) is 5.51. The van der Waals surface area contributed by atoms with E-state index in [1.165, 1.54) is 0 Å². The van der Waals surface area contributed by atoms with E-state index in [1.807, 2.05) is 6.92 Å². The molecular weight excluding hydrogens is 138 g/mol. The van der Waals surface area contributed by atoms with Crippen molar-refractivity contribution >= 4 is 0 Å². The van der Waals surface area contributed by atoms with Crippen LogP contribution in [0, 0.1) is 0 Å². The van der Waals surface area contributed by atoms with Crippen LogP contribution in [-0.2, 0) is 0 Å². The van der Waals surface area contributed by atoms with Crippen LogP contribution in [0.4, 0.5) is 0 Å². The minimum atomic E-state index is -0.155. The highest BCUT2D eigenvalue weighted by Crippen LogP contribution is 2.01. The summed E-state index contributed by atoms with van der Waals surface area (Å²) < 4.78 is 0. The Bertz CT molecular complexity index is 93.6. The number of aliphatic hydroxyl groups is 1. The van der Waals surface area contributed by atoms with Crippen molar-refractivity contribution in [2.75, 3.05) is 13.1 Å². The molecule has 0 aromatic rings. The molecule has 0 aliphatic carbocycles. The van der Waals surface area contributed by atoms with E-state index in [-0.39, 0.29) is 6.10 Å². The molecule has 0 radical (unpaired) electrons. The molecule has 2 heteroatoms. The minimum absolute atomic E-state index is 0.155. The van der Waals surface area contributed by atoms with E-state index < -0.39 is 0 Å². The number of aliphatic hydroxyl groups excluding tert-OH is 1. The zero-order valence-electron chi connectivity index (χ0n) is 8.17. The molecule has 0 amide bonds. The Morgan fingerprint density at radius 1 is 1.27 bits per heavy atom. The van der Waals surface area contributed by atoms with Crippen LogP contribution >= 0.6 is 0 Å². The van der Waals surface area contributed by atoms with E-state index in [1.54, 1.807) is 0 Å². The molecule has 0 aliphatic heterocycles. The monoisotopic (exact) mass is 159 g/mol. The van der Waals surface area contributed by atoms with Gasteiger partial charge in [0, 0.05) is 12.6 Å². The third-order valence-electron chi connectivity index (χ3n) is 2.05. The number of nitrogens with zero attached hydrogens (tertiary/aromatic N) is 1. The molecule has 11 heavy (non-hydrogen) atoms. The summed E-state index contributed by atoms with van der Waals surface area (Å²) >= 11 is 0. The fourth-order valence-electron chi connectivity index (χ4n) is 1.10. The molecular formula is C9H21NO. The maximum atomic E-state index is 9.37. The van der Waals surface area contributed by atoms with Gasteiger partial charge in [0.15, 0.2) is 0 Å². The van der Waals surface area contributed by atoms with Crippen molar-refractivity contribution in [1.82, 2.24) is 4.90 Å². The molecule has 0 bridgehead atoms. The van der Waals surface area contributed by atoms with Crippen LogP contribution < -0.4 is 0 Å². The van der Waals surface area contributed by atoms with Crippen molar-refractivity contribution < 1.29 is 5.11 Å². The van der Waals surface area contributed by atoms with Gasteiger partial charge in [-0.05, 0) is 26.8 Å². The molecule has 1 unspecified atom stereocenters. The van der Waals surface area contributed by atoms with Crippen molar-refractivity contribution in [2.45, 2.75) is 46.3 Å². The van der Waals surface area contributed by atoms with Gasteiger partial charge in [0.25, 0.3) is 0 Å². The van der Waals surface area contributed by atoms with Gasteiger partial charge < -0.3 is 5.11 Å². The molecule has 0 aromatic heterocycles. The lowest BCUT2D eigenvalue weighted by Crippen LogP contribution is -2.37. The van der Waals surface area contributed by atoms with E-state index in [9.17, 15) is 5.11 Å². The van der Waals surface area contributed by atoms with Crippen molar-refractivity contribution in [3.05, 3.63) is 0 Å². The molecule has 0 saturated heterocycles. The highest BCUT2D eigenvalue weighted by atomic mass is 16.3. The Morgan fingerprint density at radius 3 is 2.09 bits per heavy atom. The van der Waals surface area contributed by atoms with Gasteiger partial charge in [0.1, 0.15) is 0 Å². The molecule has 0 aromatic carbocycles. The SMILES string of the molecule is CCC(O)CN(CC)C(C)C. The van der Waals surface area contributed by atoms with Gasteiger partial charge in [-0.3, -0.25) is 4.90 Å². The number of rotatable bonds is 5. The zero-order chi connectivity index (χ0) is 8.85. The smallest absolute Gasteiger partial charge is 0.0664 e. The minimum Gasteiger partial charge on any atom is -0.392 e. The first-order valence-corrected chi connectivity index (χ1v) is 4.53. The summed E-state index contributed by atoms with van der Waals surface area (Å²) in [6, 6.07) is 0.543. The normalized spacial score (nSPS) is 14.5. The second kappa shape index (κ2) is 5.56. The average Bonchev–Trinajstić information content (AvgIpc) is 1.99. The lowest BCUT2D eigenvalue weighted by Gasteiger charge is -2.26. The molecule has 0 aliphatic rings. The standard InChI is InChI=1S/C9H21NO/c1-5-9(11)7-10(6-2)8(3)4/h8-9,11H,5-7H2,1-4H3. The third kappa shape index (κ3) is 4.38. The van der Waals surface area contributed by atoms with Gasteiger partial charge >= 0.3 is 0 Å². The first kappa shape index (κ1) is 10.9. The van der Waals surface area contributed by atoms with Crippen LogP contribution in [0.15, 0.2) is 0 Å². The van der Waals surface area contributed by atoms with Gasteiger partial charge in [-0.25, -0.2) is 0 Å². The molecule has 0 spiro atoms. The summed E-state index contributed by atoms with van der Waals surface area (Å²) in [4.78, 5) is 2.27. The van der Waals surface area contributed by atoms with Gasteiger partial charge in [-0.1, -0.05) is 13.8 Å². The predicted molar refractivity (Wildman–Crippen MR) is 48.7 cm³/mol. The molecule has 0 heterocycles. The maximum absolute atomic E-state index is 9.37. The molecule has 68 valence electrons.